The number of benzene rings is 2. The molecule has 7 nitrogen and oxygen atoms in total. The van der Waals surface area contributed by atoms with E-state index in [1.807, 2.05) is 30.3 Å². The van der Waals surface area contributed by atoms with Crippen LogP contribution in [0.3, 0.4) is 0 Å². The van der Waals surface area contributed by atoms with Gasteiger partial charge in [0.1, 0.15) is 16.5 Å². The van der Waals surface area contributed by atoms with Gasteiger partial charge in [0.25, 0.3) is 0 Å². The normalized spacial score (nSPS) is 11.2. The summed E-state index contributed by atoms with van der Waals surface area (Å²) in [5.41, 5.74) is 4.90. The Morgan fingerprint density at radius 2 is 1.71 bits per heavy atom. The molecule has 8 heteroatoms. The van der Waals surface area contributed by atoms with Crippen molar-refractivity contribution in [2.45, 2.75) is 6.92 Å². The first-order valence-corrected chi connectivity index (χ1v) is 9.52. The monoisotopic (exact) mass is 388 g/mol. The van der Waals surface area contributed by atoms with Gasteiger partial charge in [0.2, 0.25) is 10.8 Å². The summed E-state index contributed by atoms with van der Waals surface area (Å²) < 4.78 is 6.96. The van der Waals surface area contributed by atoms with Gasteiger partial charge in [-0.15, -0.1) is 10.2 Å². The molecular weight excluding hydrogens is 372 g/mol. The highest BCUT2D eigenvalue weighted by atomic mass is 32.1. The highest BCUT2D eigenvalue weighted by Crippen LogP contribution is 2.29. The Morgan fingerprint density at radius 3 is 2.46 bits per heavy atom. The van der Waals surface area contributed by atoms with Crippen LogP contribution in [0.4, 0.5) is 0 Å². The summed E-state index contributed by atoms with van der Waals surface area (Å²) in [6, 6.07) is 18.0. The Kier molecular flexibility index (Phi) is 3.91. The summed E-state index contributed by atoms with van der Waals surface area (Å²) in [4.78, 5) is 0.729. The van der Waals surface area contributed by atoms with Crippen LogP contribution in [0.15, 0.2) is 54.6 Å². The van der Waals surface area contributed by atoms with Crippen LogP contribution < -0.4 is 4.74 Å². The van der Waals surface area contributed by atoms with E-state index in [2.05, 4.69) is 56.7 Å². The average Bonchev–Trinajstić information content (AvgIpc) is 3.44. The number of ether oxygens (including phenoxy) is 1. The van der Waals surface area contributed by atoms with Crippen molar-refractivity contribution in [1.82, 2.24) is 30.0 Å². The molecule has 3 heterocycles. The van der Waals surface area contributed by atoms with Crippen LogP contribution in [0.25, 0.3) is 38.3 Å². The fraction of sp³-hybridized carbons (Fsp3) is 0.100. The molecule has 2 aromatic carbocycles. The predicted octanol–water partition coefficient (Wildman–Crippen LogP) is 4.23. The first-order chi connectivity index (χ1) is 13.7. The molecule has 0 unspecified atom stereocenters. The molecule has 0 bridgehead atoms. The van der Waals surface area contributed by atoms with Crippen molar-refractivity contribution in [3.8, 4) is 39.1 Å². The molecule has 0 amide bonds. The second-order valence-corrected chi connectivity index (χ2v) is 7.34. The minimum absolute atomic E-state index is 0.636. The number of hydrogen-bond donors (Lipinski definition) is 1. The second kappa shape index (κ2) is 6.58. The molecule has 0 spiro atoms. The maximum absolute atomic E-state index is 5.22. The maximum Gasteiger partial charge on any atom is 0.235 e. The third kappa shape index (κ3) is 2.84. The molecule has 5 aromatic rings. The van der Waals surface area contributed by atoms with Gasteiger partial charge in [0.15, 0.2) is 0 Å². The zero-order valence-electron chi connectivity index (χ0n) is 15.2. The van der Waals surface area contributed by atoms with Crippen molar-refractivity contribution < 1.29 is 4.74 Å². The number of aryl methyl sites for hydroxylation is 1. The standard InChI is InChI=1S/C20H16N6OS/c1-12-3-5-13(6-4-12)16-11-17(22-21-16)18-23-24-20-26(18)25-19(28-20)14-7-9-15(27-2)10-8-14/h3-11H,1-2H3,(H,21,22). The van der Waals surface area contributed by atoms with Crippen molar-refractivity contribution >= 4 is 16.3 Å². The largest absolute Gasteiger partial charge is 0.497 e. The summed E-state index contributed by atoms with van der Waals surface area (Å²) in [5, 5.41) is 21.6. The number of methoxy groups -OCH3 is 1. The van der Waals surface area contributed by atoms with Crippen LogP contribution in [-0.4, -0.2) is 37.1 Å². The van der Waals surface area contributed by atoms with Gasteiger partial charge in [-0.1, -0.05) is 41.2 Å². The lowest BCUT2D eigenvalue weighted by molar-refractivity contribution is 0.415. The number of hydrogen-bond acceptors (Lipinski definition) is 6. The second-order valence-electron chi connectivity index (χ2n) is 6.39. The number of fused-ring (bicyclic) bond motifs is 1. The van der Waals surface area contributed by atoms with E-state index in [9.17, 15) is 0 Å². The van der Waals surface area contributed by atoms with E-state index in [4.69, 9.17) is 4.74 Å². The third-order valence-electron chi connectivity index (χ3n) is 4.49. The van der Waals surface area contributed by atoms with Crippen LogP contribution in [0.1, 0.15) is 5.56 Å². The molecule has 0 saturated heterocycles. The van der Waals surface area contributed by atoms with Gasteiger partial charge in [-0.2, -0.15) is 14.7 Å². The smallest absolute Gasteiger partial charge is 0.235 e. The zero-order chi connectivity index (χ0) is 19.1. The molecule has 0 radical (unpaired) electrons. The molecule has 0 aliphatic rings. The van der Waals surface area contributed by atoms with Crippen LogP contribution in [0.2, 0.25) is 0 Å². The molecule has 0 atom stereocenters. The quantitative estimate of drug-likeness (QED) is 0.498. The molecule has 0 fully saturated rings. The number of H-pyrrole nitrogens is 1. The number of aromatic amines is 1. The SMILES string of the molecule is COc1ccc(-c2nn3c(-c4cc(-c5ccc(C)cc5)n[nH]4)nnc3s2)cc1. The van der Waals surface area contributed by atoms with Gasteiger partial charge >= 0.3 is 0 Å². The van der Waals surface area contributed by atoms with Gasteiger partial charge in [0.05, 0.1) is 12.8 Å². The number of nitrogens with zero attached hydrogens (tertiary/aromatic N) is 5. The fourth-order valence-electron chi connectivity index (χ4n) is 2.94. The van der Waals surface area contributed by atoms with Crippen LogP contribution in [0.5, 0.6) is 5.75 Å². The van der Waals surface area contributed by atoms with Crippen molar-refractivity contribution in [3.63, 3.8) is 0 Å². The highest BCUT2D eigenvalue weighted by molar-refractivity contribution is 7.19. The third-order valence-corrected chi connectivity index (χ3v) is 5.44. The molecule has 138 valence electrons. The number of rotatable bonds is 4. The lowest BCUT2D eigenvalue weighted by atomic mass is 10.1. The number of nitrogens with one attached hydrogen (secondary N) is 1. The average molecular weight is 388 g/mol. The molecule has 28 heavy (non-hydrogen) atoms. The molecule has 0 aliphatic heterocycles. The Balaban J connectivity index is 1.51. The van der Waals surface area contributed by atoms with E-state index in [1.54, 1.807) is 11.6 Å². The van der Waals surface area contributed by atoms with E-state index >= 15 is 0 Å². The van der Waals surface area contributed by atoms with E-state index in [-0.39, 0.29) is 0 Å². The Labute approximate surface area is 164 Å². The summed E-state index contributed by atoms with van der Waals surface area (Å²) in [7, 11) is 1.65. The Bertz CT molecular complexity index is 1250. The van der Waals surface area contributed by atoms with E-state index in [1.165, 1.54) is 16.9 Å². The molecule has 5 rings (SSSR count). The summed E-state index contributed by atoms with van der Waals surface area (Å²) in [6.45, 7) is 2.06. The van der Waals surface area contributed by atoms with Crippen molar-refractivity contribution in [2.75, 3.05) is 7.11 Å². The van der Waals surface area contributed by atoms with Gasteiger partial charge in [0, 0.05) is 11.1 Å². The summed E-state index contributed by atoms with van der Waals surface area (Å²) >= 11 is 1.49. The lowest BCUT2D eigenvalue weighted by Crippen LogP contribution is -1.91. The van der Waals surface area contributed by atoms with E-state index in [0.717, 1.165) is 38.2 Å². The van der Waals surface area contributed by atoms with Gasteiger partial charge in [-0.05, 0) is 37.3 Å². The summed E-state index contributed by atoms with van der Waals surface area (Å²) in [5.74, 6) is 1.45. The molecular formula is C20H16N6OS. The minimum atomic E-state index is 0.636. The van der Waals surface area contributed by atoms with Crippen LogP contribution >= 0.6 is 11.3 Å². The fourth-order valence-corrected chi connectivity index (χ4v) is 3.79. The summed E-state index contributed by atoms with van der Waals surface area (Å²) in [6.07, 6.45) is 0. The Hall–Kier alpha value is -3.52. The highest BCUT2D eigenvalue weighted by Gasteiger charge is 2.17. The first kappa shape index (κ1) is 16.6. The van der Waals surface area contributed by atoms with Gasteiger partial charge in [-0.3, -0.25) is 5.10 Å². The Morgan fingerprint density at radius 1 is 0.964 bits per heavy atom. The molecule has 0 aliphatic carbocycles. The van der Waals surface area contributed by atoms with Crippen molar-refractivity contribution in [1.29, 1.82) is 0 Å². The van der Waals surface area contributed by atoms with Crippen LogP contribution in [-0.2, 0) is 0 Å². The molecule has 1 N–H and O–H groups in total. The van der Waals surface area contributed by atoms with Crippen molar-refractivity contribution in [3.05, 3.63) is 60.2 Å². The number of aromatic nitrogens is 6. The van der Waals surface area contributed by atoms with Gasteiger partial charge < -0.3 is 4.74 Å². The van der Waals surface area contributed by atoms with Crippen molar-refractivity contribution in [2.24, 2.45) is 0 Å². The van der Waals surface area contributed by atoms with Gasteiger partial charge in [-0.25, -0.2) is 0 Å². The lowest BCUT2D eigenvalue weighted by Gasteiger charge is -1.99. The molecule has 0 saturated carbocycles. The van der Waals surface area contributed by atoms with E-state index in [0.29, 0.717) is 5.82 Å². The predicted molar refractivity (Wildman–Crippen MR) is 108 cm³/mol. The zero-order valence-corrected chi connectivity index (χ0v) is 16.1. The minimum Gasteiger partial charge on any atom is -0.497 e. The van der Waals surface area contributed by atoms with Crippen LogP contribution in [0, 0.1) is 6.92 Å². The topological polar surface area (TPSA) is 81.0 Å². The first-order valence-electron chi connectivity index (χ1n) is 8.71. The molecule has 3 aromatic heterocycles. The maximum atomic E-state index is 5.22. The van der Waals surface area contributed by atoms with E-state index < -0.39 is 0 Å².